The molecule has 0 spiro atoms. The van der Waals surface area contributed by atoms with Crippen molar-refractivity contribution in [2.45, 2.75) is 13.8 Å². The van der Waals surface area contributed by atoms with Gasteiger partial charge in [-0.05, 0) is 49.7 Å². The third-order valence-corrected chi connectivity index (χ3v) is 4.30. The number of aromatic nitrogens is 6. The maximum Gasteiger partial charge on any atom is 0.188 e. The van der Waals surface area contributed by atoms with E-state index in [-0.39, 0.29) is 5.82 Å². The van der Waals surface area contributed by atoms with Crippen molar-refractivity contribution in [2.75, 3.05) is 0 Å². The van der Waals surface area contributed by atoms with E-state index >= 15 is 0 Å². The third kappa shape index (κ3) is 3.20. The van der Waals surface area contributed by atoms with Crippen LogP contribution in [0.15, 0.2) is 48.9 Å². The molecule has 0 saturated heterocycles. The van der Waals surface area contributed by atoms with E-state index in [0.717, 1.165) is 16.8 Å². The molecule has 140 valence electrons. The minimum absolute atomic E-state index is 0.279. The van der Waals surface area contributed by atoms with Gasteiger partial charge in [-0.2, -0.15) is 7.11 Å². The predicted molar refractivity (Wildman–Crippen MR) is 101 cm³/mol. The van der Waals surface area contributed by atoms with Gasteiger partial charge in [-0.1, -0.05) is 0 Å². The molecular formula is C20H16FN6O-. The molecule has 8 heteroatoms. The second-order valence-corrected chi connectivity index (χ2v) is 6.15. The molecule has 28 heavy (non-hydrogen) atoms. The monoisotopic (exact) mass is 375 g/mol. The maximum atomic E-state index is 13.3. The van der Waals surface area contributed by atoms with Crippen LogP contribution in [0.3, 0.4) is 0 Å². The molecular weight excluding hydrogens is 359 g/mol. The zero-order valence-electron chi connectivity index (χ0n) is 15.3. The predicted octanol–water partition coefficient (Wildman–Crippen LogP) is 3.71. The number of nitrogens with zero attached hydrogens (tertiary/aromatic N) is 6. The second kappa shape index (κ2) is 7.15. The Kier molecular flexibility index (Phi) is 4.52. The zero-order valence-corrected chi connectivity index (χ0v) is 15.3. The van der Waals surface area contributed by atoms with Crippen LogP contribution in [0.2, 0.25) is 0 Å². The summed E-state index contributed by atoms with van der Waals surface area (Å²) in [7, 11) is 3.34. The van der Waals surface area contributed by atoms with E-state index in [9.17, 15) is 4.39 Å². The van der Waals surface area contributed by atoms with Gasteiger partial charge >= 0.3 is 0 Å². The number of hydrogen-bond donors (Lipinski definition) is 0. The number of rotatable bonds is 4. The SMILES string of the molecule is [CH2-]Oc1ccc(-n2c(C)nnc2-c2cnc(-c3ccc(F)cc3C)cn2)cn1. The molecule has 1 aromatic carbocycles. The van der Waals surface area contributed by atoms with E-state index in [1.807, 2.05) is 24.5 Å². The summed E-state index contributed by atoms with van der Waals surface area (Å²) in [4.78, 5) is 13.1. The van der Waals surface area contributed by atoms with Gasteiger partial charge < -0.3 is 4.74 Å². The number of hydrogen-bond acceptors (Lipinski definition) is 6. The molecule has 0 unspecified atom stereocenters. The first-order chi connectivity index (χ1) is 13.6. The lowest BCUT2D eigenvalue weighted by molar-refractivity contribution is 0.453. The Morgan fingerprint density at radius 3 is 2.36 bits per heavy atom. The van der Waals surface area contributed by atoms with Gasteiger partial charge in [0.2, 0.25) is 0 Å². The largest absolute Gasteiger partial charge is 0.652 e. The van der Waals surface area contributed by atoms with E-state index in [1.165, 1.54) is 12.1 Å². The molecule has 0 aliphatic heterocycles. The first-order valence-electron chi connectivity index (χ1n) is 8.46. The van der Waals surface area contributed by atoms with Crippen molar-refractivity contribution in [3.8, 4) is 34.3 Å². The molecule has 0 aliphatic carbocycles. The van der Waals surface area contributed by atoms with Crippen molar-refractivity contribution in [1.82, 2.24) is 29.7 Å². The highest BCUT2D eigenvalue weighted by molar-refractivity contribution is 5.64. The molecule has 4 aromatic rings. The molecule has 0 atom stereocenters. The van der Waals surface area contributed by atoms with Crippen LogP contribution in [-0.4, -0.2) is 29.7 Å². The van der Waals surface area contributed by atoms with Crippen molar-refractivity contribution < 1.29 is 9.13 Å². The summed E-state index contributed by atoms with van der Waals surface area (Å²) in [6, 6.07) is 8.11. The van der Waals surface area contributed by atoms with Crippen LogP contribution in [0.1, 0.15) is 11.4 Å². The molecule has 3 heterocycles. The van der Waals surface area contributed by atoms with Gasteiger partial charge in [0.25, 0.3) is 0 Å². The van der Waals surface area contributed by atoms with Crippen LogP contribution in [0, 0.1) is 26.8 Å². The fourth-order valence-corrected chi connectivity index (χ4v) is 2.92. The van der Waals surface area contributed by atoms with E-state index in [0.29, 0.717) is 28.9 Å². The summed E-state index contributed by atoms with van der Waals surface area (Å²) < 4.78 is 20.0. The van der Waals surface area contributed by atoms with Gasteiger partial charge in [0.15, 0.2) is 11.7 Å². The Morgan fingerprint density at radius 2 is 1.71 bits per heavy atom. The van der Waals surface area contributed by atoms with Crippen LogP contribution in [0.25, 0.3) is 28.5 Å². The summed E-state index contributed by atoms with van der Waals surface area (Å²) in [5, 5.41) is 8.37. The van der Waals surface area contributed by atoms with Gasteiger partial charge in [0, 0.05) is 5.56 Å². The topological polar surface area (TPSA) is 78.6 Å². The molecule has 3 aromatic heterocycles. The van der Waals surface area contributed by atoms with Gasteiger partial charge in [0.05, 0.1) is 30.0 Å². The lowest BCUT2D eigenvalue weighted by Gasteiger charge is -2.10. The lowest BCUT2D eigenvalue weighted by atomic mass is 10.1. The van der Waals surface area contributed by atoms with Crippen molar-refractivity contribution in [2.24, 2.45) is 0 Å². The molecule has 0 amide bonds. The van der Waals surface area contributed by atoms with Crippen molar-refractivity contribution >= 4 is 0 Å². The number of halogens is 1. The van der Waals surface area contributed by atoms with E-state index < -0.39 is 0 Å². The third-order valence-electron chi connectivity index (χ3n) is 4.30. The Labute approximate surface area is 160 Å². The fourth-order valence-electron chi connectivity index (χ4n) is 2.92. The van der Waals surface area contributed by atoms with Gasteiger partial charge in [0.1, 0.15) is 17.3 Å². The van der Waals surface area contributed by atoms with Gasteiger partial charge in [-0.25, -0.2) is 14.4 Å². The molecule has 0 fully saturated rings. The average Bonchev–Trinajstić information content (AvgIpc) is 3.10. The summed E-state index contributed by atoms with van der Waals surface area (Å²) in [6.07, 6.45) is 4.91. The number of pyridine rings is 1. The molecule has 0 N–H and O–H groups in total. The van der Waals surface area contributed by atoms with Crippen LogP contribution in [-0.2, 0) is 0 Å². The Hall–Kier alpha value is -3.68. The van der Waals surface area contributed by atoms with Gasteiger partial charge in [-0.3, -0.25) is 9.55 Å². The lowest BCUT2D eigenvalue weighted by Crippen LogP contribution is -2.02. The molecule has 7 nitrogen and oxygen atoms in total. The Bertz CT molecular complexity index is 1120. The zero-order chi connectivity index (χ0) is 19.7. The highest BCUT2D eigenvalue weighted by Gasteiger charge is 2.15. The summed E-state index contributed by atoms with van der Waals surface area (Å²) in [5.74, 6) is 1.35. The van der Waals surface area contributed by atoms with E-state index in [2.05, 4.69) is 32.3 Å². The molecule has 4 rings (SSSR count). The van der Waals surface area contributed by atoms with Crippen molar-refractivity contribution in [3.63, 3.8) is 0 Å². The second-order valence-electron chi connectivity index (χ2n) is 6.15. The highest BCUT2D eigenvalue weighted by atomic mass is 19.1. The van der Waals surface area contributed by atoms with E-state index in [1.54, 1.807) is 30.7 Å². The first-order valence-corrected chi connectivity index (χ1v) is 8.46. The number of ether oxygens (including phenoxy) is 1. The summed E-state index contributed by atoms with van der Waals surface area (Å²) in [5.41, 5.74) is 3.59. The molecule has 0 bridgehead atoms. The normalized spacial score (nSPS) is 10.9. The molecule has 0 aliphatic rings. The number of aryl methyl sites for hydroxylation is 2. The Morgan fingerprint density at radius 1 is 0.929 bits per heavy atom. The summed E-state index contributed by atoms with van der Waals surface area (Å²) >= 11 is 0. The van der Waals surface area contributed by atoms with Crippen LogP contribution >= 0.6 is 0 Å². The van der Waals surface area contributed by atoms with E-state index in [4.69, 9.17) is 4.74 Å². The molecule has 0 saturated carbocycles. The minimum atomic E-state index is -0.279. The van der Waals surface area contributed by atoms with Crippen LogP contribution in [0.4, 0.5) is 4.39 Å². The summed E-state index contributed by atoms with van der Waals surface area (Å²) in [6.45, 7) is 3.67. The fraction of sp³-hybridized carbons (Fsp3) is 0.100. The first kappa shape index (κ1) is 17.7. The van der Waals surface area contributed by atoms with Crippen LogP contribution in [0.5, 0.6) is 5.88 Å². The number of benzene rings is 1. The smallest absolute Gasteiger partial charge is 0.188 e. The van der Waals surface area contributed by atoms with Gasteiger partial charge in [-0.15, -0.1) is 10.2 Å². The quantitative estimate of drug-likeness (QED) is 0.506. The minimum Gasteiger partial charge on any atom is -0.652 e. The van der Waals surface area contributed by atoms with Crippen LogP contribution < -0.4 is 4.74 Å². The standard InChI is InChI=1S/C20H16FN6O/c1-12-8-14(21)4-6-16(12)17-10-23-18(11-22-17)20-26-25-13(2)27(20)15-5-7-19(28-3)24-9-15/h4-11H,3H2,1-2H3/q-1. The Balaban J connectivity index is 1.72. The highest BCUT2D eigenvalue weighted by Crippen LogP contribution is 2.25. The molecule has 0 radical (unpaired) electrons. The average molecular weight is 375 g/mol. The van der Waals surface area contributed by atoms with Crippen molar-refractivity contribution in [1.29, 1.82) is 0 Å². The van der Waals surface area contributed by atoms with Crippen molar-refractivity contribution in [3.05, 3.63) is 73.2 Å². The maximum absolute atomic E-state index is 13.3.